The van der Waals surface area contributed by atoms with E-state index in [1.54, 1.807) is 16.6 Å². The number of nitrogens with zero attached hydrogens (tertiary/aromatic N) is 5. The van der Waals surface area contributed by atoms with Crippen LogP contribution >= 0.6 is 22.9 Å². The molecule has 3 rings (SSSR count). The molecule has 0 unspecified atom stereocenters. The normalized spacial score (nSPS) is 11.2. The SMILES string of the molecule is CCN(Cc1ccc(Cl)s1)C(=O)CCn1cnc2c(cnn2C)c1=O. The molecular formula is C16H18ClN5O2S. The van der Waals surface area contributed by atoms with Gasteiger partial charge in [0.25, 0.3) is 5.56 Å². The highest BCUT2D eigenvalue weighted by molar-refractivity contribution is 7.16. The van der Waals surface area contributed by atoms with Gasteiger partial charge in [-0.15, -0.1) is 11.3 Å². The highest BCUT2D eigenvalue weighted by atomic mass is 35.5. The number of carbonyl (C=O) groups is 1. The van der Waals surface area contributed by atoms with E-state index in [0.29, 0.717) is 28.5 Å². The molecule has 0 N–H and O–H groups in total. The van der Waals surface area contributed by atoms with Gasteiger partial charge in [-0.1, -0.05) is 11.6 Å². The minimum Gasteiger partial charge on any atom is -0.338 e. The van der Waals surface area contributed by atoms with Gasteiger partial charge in [0.15, 0.2) is 5.65 Å². The predicted octanol–water partition coefficient (Wildman–Crippen LogP) is 2.28. The van der Waals surface area contributed by atoms with Gasteiger partial charge in [-0.25, -0.2) is 4.98 Å². The Balaban J connectivity index is 1.68. The Morgan fingerprint density at radius 3 is 2.88 bits per heavy atom. The molecule has 9 heteroatoms. The molecule has 0 saturated heterocycles. The number of amides is 1. The van der Waals surface area contributed by atoms with Gasteiger partial charge in [-0.2, -0.15) is 5.10 Å². The molecule has 0 fully saturated rings. The van der Waals surface area contributed by atoms with E-state index in [4.69, 9.17) is 11.6 Å². The summed E-state index contributed by atoms with van der Waals surface area (Å²) in [5.74, 6) is -0.00907. The van der Waals surface area contributed by atoms with Crippen LogP contribution in [0.25, 0.3) is 11.0 Å². The lowest BCUT2D eigenvalue weighted by atomic mass is 10.3. The first kappa shape index (κ1) is 17.6. The summed E-state index contributed by atoms with van der Waals surface area (Å²) in [6.45, 7) is 3.35. The quantitative estimate of drug-likeness (QED) is 0.658. The fraction of sp³-hybridized carbons (Fsp3) is 0.375. The van der Waals surface area contributed by atoms with Crippen molar-refractivity contribution in [1.29, 1.82) is 0 Å². The zero-order valence-electron chi connectivity index (χ0n) is 14.0. The predicted molar refractivity (Wildman–Crippen MR) is 97.8 cm³/mol. The van der Waals surface area contributed by atoms with Crippen LogP contribution in [0.1, 0.15) is 18.2 Å². The van der Waals surface area contributed by atoms with Crippen molar-refractivity contribution in [2.24, 2.45) is 7.05 Å². The van der Waals surface area contributed by atoms with Crippen molar-refractivity contribution in [3.63, 3.8) is 0 Å². The average Bonchev–Trinajstić information content (AvgIpc) is 3.18. The minimum atomic E-state index is -0.181. The summed E-state index contributed by atoms with van der Waals surface area (Å²) in [5, 5.41) is 4.50. The van der Waals surface area contributed by atoms with Crippen LogP contribution in [0.3, 0.4) is 0 Å². The minimum absolute atomic E-state index is 0.00907. The number of thiophene rings is 1. The smallest absolute Gasteiger partial charge is 0.264 e. The zero-order chi connectivity index (χ0) is 18.0. The van der Waals surface area contributed by atoms with Gasteiger partial charge in [0.05, 0.1) is 23.4 Å². The number of hydrogen-bond donors (Lipinski definition) is 0. The van der Waals surface area contributed by atoms with Crippen LogP contribution in [0.4, 0.5) is 0 Å². The Bertz CT molecular complexity index is 961. The van der Waals surface area contributed by atoms with E-state index in [9.17, 15) is 9.59 Å². The highest BCUT2D eigenvalue weighted by Gasteiger charge is 2.15. The second-order valence-electron chi connectivity index (χ2n) is 5.61. The molecule has 1 amide bonds. The summed E-state index contributed by atoms with van der Waals surface area (Å²) in [6.07, 6.45) is 3.21. The Hall–Kier alpha value is -2.19. The topological polar surface area (TPSA) is 73.0 Å². The third-order valence-electron chi connectivity index (χ3n) is 3.99. The van der Waals surface area contributed by atoms with Crippen LogP contribution in [0.2, 0.25) is 4.34 Å². The number of hydrogen-bond acceptors (Lipinski definition) is 5. The molecule has 0 aliphatic rings. The second kappa shape index (κ2) is 7.37. The van der Waals surface area contributed by atoms with Gasteiger partial charge in [-0.3, -0.25) is 18.8 Å². The van der Waals surface area contributed by atoms with Crippen molar-refractivity contribution in [2.75, 3.05) is 6.54 Å². The summed E-state index contributed by atoms with van der Waals surface area (Å²) in [6, 6.07) is 3.75. The first-order chi connectivity index (χ1) is 12.0. The number of rotatable bonds is 6. The van der Waals surface area contributed by atoms with Crippen LogP contribution < -0.4 is 5.56 Å². The number of halogens is 1. The lowest BCUT2D eigenvalue weighted by molar-refractivity contribution is -0.131. The lowest BCUT2D eigenvalue weighted by Gasteiger charge is -2.20. The molecule has 7 nitrogen and oxygen atoms in total. The van der Waals surface area contributed by atoms with E-state index in [2.05, 4.69) is 10.1 Å². The van der Waals surface area contributed by atoms with Crippen molar-refractivity contribution in [3.05, 3.63) is 44.2 Å². The number of aryl methyl sites for hydroxylation is 2. The van der Waals surface area contributed by atoms with Crippen LogP contribution in [-0.4, -0.2) is 36.7 Å². The van der Waals surface area contributed by atoms with Crippen molar-refractivity contribution in [3.8, 4) is 0 Å². The van der Waals surface area contributed by atoms with Crippen molar-refractivity contribution in [1.82, 2.24) is 24.2 Å². The van der Waals surface area contributed by atoms with Crippen LogP contribution in [-0.2, 0) is 24.9 Å². The maximum absolute atomic E-state index is 12.5. The molecule has 0 saturated carbocycles. The van der Waals surface area contributed by atoms with Gasteiger partial charge < -0.3 is 4.90 Å². The molecule has 0 radical (unpaired) electrons. The maximum atomic E-state index is 12.5. The Morgan fingerprint density at radius 1 is 1.40 bits per heavy atom. The van der Waals surface area contributed by atoms with E-state index >= 15 is 0 Å². The zero-order valence-corrected chi connectivity index (χ0v) is 15.5. The molecule has 0 aromatic carbocycles. The average molecular weight is 380 g/mol. The fourth-order valence-electron chi connectivity index (χ4n) is 2.60. The summed E-state index contributed by atoms with van der Waals surface area (Å²) >= 11 is 7.40. The Labute approximate surface area is 153 Å². The molecule has 0 spiro atoms. The molecule has 0 atom stereocenters. The largest absolute Gasteiger partial charge is 0.338 e. The van der Waals surface area contributed by atoms with Crippen molar-refractivity contribution >= 4 is 39.9 Å². The van der Waals surface area contributed by atoms with Crippen molar-refractivity contribution < 1.29 is 4.79 Å². The van der Waals surface area contributed by atoms with E-state index in [1.807, 2.05) is 19.1 Å². The molecule has 0 aliphatic heterocycles. The molecule has 3 heterocycles. The molecule has 25 heavy (non-hydrogen) atoms. The number of aromatic nitrogens is 4. The van der Waals surface area contributed by atoms with Gasteiger partial charge in [0.1, 0.15) is 5.39 Å². The lowest BCUT2D eigenvalue weighted by Crippen LogP contribution is -2.32. The monoisotopic (exact) mass is 379 g/mol. The summed E-state index contributed by atoms with van der Waals surface area (Å²) < 4.78 is 3.72. The Morgan fingerprint density at radius 2 is 2.20 bits per heavy atom. The highest BCUT2D eigenvalue weighted by Crippen LogP contribution is 2.22. The van der Waals surface area contributed by atoms with Crippen molar-refractivity contribution in [2.45, 2.75) is 26.4 Å². The second-order valence-corrected chi connectivity index (χ2v) is 7.41. The number of carbonyl (C=O) groups excluding carboxylic acids is 1. The summed E-state index contributed by atoms with van der Waals surface area (Å²) in [4.78, 5) is 31.9. The summed E-state index contributed by atoms with van der Waals surface area (Å²) in [7, 11) is 1.73. The van der Waals surface area contributed by atoms with E-state index in [0.717, 1.165) is 4.88 Å². The van der Waals surface area contributed by atoms with E-state index < -0.39 is 0 Å². The molecular weight excluding hydrogens is 362 g/mol. The standard InChI is InChI=1S/C16H18ClN5O2S/c1-3-21(9-11-4-5-13(17)25-11)14(23)6-7-22-10-18-15-12(16(22)24)8-19-20(15)2/h4-5,8,10H,3,6-7,9H2,1-2H3. The molecule has 3 aromatic heterocycles. The molecule has 0 aliphatic carbocycles. The third kappa shape index (κ3) is 3.74. The third-order valence-corrected chi connectivity index (χ3v) is 5.21. The maximum Gasteiger partial charge on any atom is 0.264 e. The van der Waals surface area contributed by atoms with Gasteiger partial charge in [0, 0.05) is 31.4 Å². The van der Waals surface area contributed by atoms with Crippen LogP contribution in [0, 0.1) is 0 Å². The fourth-order valence-corrected chi connectivity index (χ4v) is 3.70. The Kier molecular flexibility index (Phi) is 5.19. The van der Waals surface area contributed by atoms with Gasteiger partial charge in [-0.05, 0) is 19.1 Å². The first-order valence-corrected chi connectivity index (χ1v) is 9.08. The van der Waals surface area contributed by atoms with Crippen LogP contribution in [0.15, 0.2) is 29.5 Å². The first-order valence-electron chi connectivity index (χ1n) is 7.88. The molecule has 3 aromatic rings. The van der Waals surface area contributed by atoms with E-state index in [-0.39, 0.29) is 24.4 Å². The summed E-state index contributed by atoms with van der Waals surface area (Å²) in [5.41, 5.74) is 0.358. The molecule has 132 valence electrons. The molecule has 0 bridgehead atoms. The van der Waals surface area contributed by atoms with Gasteiger partial charge in [0.2, 0.25) is 5.91 Å². The van der Waals surface area contributed by atoms with E-state index in [1.165, 1.54) is 28.4 Å². The number of fused-ring (bicyclic) bond motifs is 1. The van der Waals surface area contributed by atoms with Gasteiger partial charge >= 0.3 is 0 Å². The van der Waals surface area contributed by atoms with Crippen LogP contribution in [0.5, 0.6) is 0 Å².